The predicted octanol–water partition coefficient (Wildman–Crippen LogP) is 1.70. The fourth-order valence-electron chi connectivity index (χ4n) is 1.52. The standard InChI is InChI=1S/C12H14FN5OS/c1-8(12-15-17-18-16-12)14-11(19)6-7-20-10-4-2-9(13)3-5-10/h2-5,8H,6-7H2,1H3,(H,14,19)(H,15,16,17,18). The van der Waals surface area contributed by atoms with Crippen molar-refractivity contribution in [2.24, 2.45) is 0 Å². The first kappa shape index (κ1) is 14.4. The number of tetrazole rings is 1. The molecule has 0 aliphatic heterocycles. The molecule has 106 valence electrons. The van der Waals surface area contributed by atoms with Gasteiger partial charge in [0, 0.05) is 17.1 Å². The van der Waals surface area contributed by atoms with E-state index in [0.717, 1.165) is 4.90 Å². The highest BCUT2D eigenvalue weighted by Crippen LogP contribution is 2.18. The second-order valence-corrected chi connectivity index (χ2v) is 5.28. The molecule has 1 atom stereocenters. The third-order valence-electron chi connectivity index (χ3n) is 2.54. The van der Waals surface area contributed by atoms with Crippen molar-refractivity contribution in [1.82, 2.24) is 25.9 Å². The molecule has 8 heteroatoms. The Labute approximate surface area is 119 Å². The summed E-state index contributed by atoms with van der Waals surface area (Å²) < 4.78 is 12.7. The lowest BCUT2D eigenvalue weighted by atomic mass is 10.3. The Morgan fingerprint density at radius 1 is 1.45 bits per heavy atom. The summed E-state index contributed by atoms with van der Waals surface area (Å²) in [6.45, 7) is 1.79. The minimum absolute atomic E-state index is 0.0862. The molecule has 0 aliphatic rings. The van der Waals surface area contributed by atoms with Crippen LogP contribution in [-0.2, 0) is 4.79 Å². The number of nitrogens with zero attached hydrogens (tertiary/aromatic N) is 3. The van der Waals surface area contributed by atoms with Gasteiger partial charge in [0.25, 0.3) is 0 Å². The Kier molecular flexibility index (Phi) is 5.05. The molecule has 2 rings (SSSR count). The number of aromatic nitrogens is 4. The van der Waals surface area contributed by atoms with E-state index in [9.17, 15) is 9.18 Å². The second kappa shape index (κ2) is 6.99. The Morgan fingerprint density at radius 2 is 2.20 bits per heavy atom. The smallest absolute Gasteiger partial charge is 0.221 e. The molecule has 0 aliphatic carbocycles. The quantitative estimate of drug-likeness (QED) is 0.792. The normalized spacial score (nSPS) is 12.1. The summed E-state index contributed by atoms with van der Waals surface area (Å²) in [5.41, 5.74) is 0. The molecular weight excluding hydrogens is 281 g/mol. The Bertz CT molecular complexity index is 545. The largest absolute Gasteiger partial charge is 0.346 e. The van der Waals surface area contributed by atoms with Crippen LogP contribution in [0.2, 0.25) is 0 Å². The first-order valence-electron chi connectivity index (χ1n) is 6.06. The van der Waals surface area contributed by atoms with E-state index in [1.165, 1.54) is 23.9 Å². The van der Waals surface area contributed by atoms with Gasteiger partial charge in [-0.25, -0.2) is 4.39 Å². The highest BCUT2D eigenvalue weighted by atomic mass is 32.2. The van der Waals surface area contributed by atoms with Crippen LogP contribution in [-0.4, -0.2) is 32.3 Å². The van der Waals surface area contributed by atoms with Crippen molar-refractivity contribution in [3.8, 4) is 0 Å². The van der Waals surface area contributed by atoms with E-state index in [4.69, 9.17) is 0 Å². The van der Waals surface area contributed by atoms with E-state index in [1.54, 1.807) is 19.1 Å². The van der Waals surface area contributed by atoms with Crippen LogP contribution in [0.15, 0.2) is 29.2 Å². The van der Waals surface area contributed by atoms with Gasteiger partial charge in [-0.3, -0.25) is 4.79 Å². The van der Waals surface area contributed by atoms with Crippen molar-refractivity contribution in [3.05, 3.63) is 35.9 Å². The van der Waals surface area contributed by atoms with E-state index in [1.807, 2.05) is 0 Å². The fraction of sp³-hybridized carbons (Fsp3) is 0.333. The molecule has 1 heterocycles. The summed E-state index contributed by atoms with van der Waals surface area (Å²) in [5.74, 6) is 0.721. The topological polar surface area (TPSA) is 83.6 Å². The molecule has 0 saturated heterocycles. The summed E-state index contributed by atoms with van der Waals surface area (Å²) in [4.78, 5) is 12.7. The molecule has 0 radical (unpaired) electrons. The van der Waals surface area contributed by atoms with Gasteiger partial charge in [0.15, 0.2) is 5.82 Å². The summed E-state index contributed by atoms with van der Waals surface area (Å²) in [7, 11) is 0. The van der Waals surface area contributed by atoms with Crippen LogP contribution < -0.4 is 5.32 Å². The number of hydrogen-bond acceptors (Lipinski definition) is 5. The average molecular weight is 295 g/mol. The maximum atomic E-state index is 12.7. The van der Waals surface area contributed by atoms with Crippen molar-refractivity contribution in [1.29, 1.82) is 0 Å². The number of hydrogen-bond donors (Lipinski definition) is 2. The third kappa shape index (κ3) is 4.30. The first-order chi connectivity index (χ1) is 9.65. The summed E-state index contributed by atoms with van der Waals surface area (Å²) in [6, 6.07) is 5.92. The van der Waals surface area contributed by atoms with Gasteiger partial charge in [0.2, 0.25) is 5.91 Å². The summed E-state index contributed by atoms with van der Waals surface area (Å²) in [5, 5.41) is 16.2. The Balaban J connectivity index is 1.71. The van der Waals surface area contributed by atoms with Gasteiger partial charge in [-0.1, -0.05) is 5.21 Å². The number of rotatable bonds is 6. The molecule has 6 nitrogen and oxygen atoms in total. The van der Waals surface area contributed by atoms with Gasteiger partial charge >= 0.3 is 0 Å². The molecule has 1 unspecified atom stereocenters. The maximum Gasteiger partial charge on any atom is 0.221 e. The number of carbonyl (C=O) groups is 1. The lowest BCUT2D eigenvalue weighted by molar-refractivity contribution is -0.121. The number of benzene rings is 1. The summed E-state index contributed by atoms with van der Waals surface area (Å²) in [6.07, 6.45) is 0.365. The van der Waals surface area contributed by atoms with Crippen LogP contribution in [0, 0.1) is 5.82 Å². The van der Waals surface area contributed by atoms with Gasteiger partial charge in [-0.15, -0.1) is 22.0 Å². The lowest BCUT2D eigenvalue weighted by Crippen LogP contribution is -2.27. The van der Waals surface area contributed by atoms with Crippen LogP contribution in [0.25, 0.3) is 0 Å². The number of nitrogens with one attached hydrogen (secondary N) is 2. The molecule has 20 heavy (non-hydrogen) atoms. The molecule has 0 spiro atoms. The zero-order chi connectivity index (χ0) is 14.4. The number of aromatic amines is 1. The second-order valence-electron chi connectivity index (χ2n) is 4.11. The van der Waals surface area contributed by atoms with E-state index in [-0.39, 0.29) is 17.8 Å². The highest BCUT2D eigenvalue weighted by Gasteiger charge is 2.13. The Hall–Kier alpha value is -1.96. The number of H-pyrrole nitrogens is 1. The minimum atomic E-state index is -0.280. The molecule has 0 fully saturated rings. The van der Waals surface area contributed by atoms with Crippen molar-refractivity contribution in [3.63, 3.8) is 0 Å². The van der Waals surface area contributed by atoms with E-state index < -0.39 is 0 Å². The zero-order valence-electron chi connectivity index (χ0n) is 10.8. The maximum absolute atomic E-state index is 12.7. The van der Waals surface area contributed by atoms with Crippen molar-refractivity contribution >= 4 is 17.7 Å². The molecule has 1 aromatic carbocycles. The van der Waals surface area contributed by atoms with Gasteiger partial charge in [0.05, 0.1) is 6.04 Å². The molecule has 0 saturated carbocycles. The SMILES string of the molecule is CC(NC(=O)CCSc1ccc(F)cc1)c1nn[nH]n1. The first-order valence-corrected chi connectivity index (χ1v) is 7.05. The van der Waals surface area contributed by atoms with Crippen molar-refractivity contribution in [2.45, 2.75) is 24.3 Å². The molecular formula is C12H14FN5OS. The number of thioether (sulfide) groups is 1. The van der Waals surface area contributed by atoms with Crippen molar-refractivity contribution in [2.75, 3.05) is 5.75 Å². The van der Waals surface area contributed by atoms with Gasteiger partial charge in [-0.05, 0) is 31.2 Å². The number of carbonyl (C=O) groups excluding carboxylic acids is 1. The number of amides is 1. The van der Waals surface area contributed by atoms with Crippen LogP contribution in [0.3, 0.4) is 0 Å². The minimum Gasteiger partial charge on any atom is -0.346 e. The predicted molar refractivity (Wildman–Crippen MR) is 72.5 cm³/mol. The van der Waals surface area contributed by atoms with Crippen LogP contribution in [0.5, 0.6) is 0 Å². The third-order valence-corrected chi connectivity index (χ3v) is 3.55. The molecule has 0 bridgehead atoms. The van der Waals surface area contributed by atoms with E-state index >= 15 is 0 Å². The van der Waals surface area contributed by atoms with Gasteiger partial charge in [-0.2, -0.15) is 5.21 Å². The highest BCUT2D eigenvalue weighted by molar-refractivity contribution is 7.99. The van der Waals surface area contributed by atoms with Crippen LogP contribution in [0.1, 0.15) is 25.2 Å². The Morgan fingerprint density at radius 3 is 2.85 bits per heavy atom. The summed E-state index contributed by atoms with van der Waals surface area (Å²) >= 11 is 1.50. The van der Waals surface area contributed by atoms with Crippen molar-refractivity contribution < 1.29 is 9.18 Å². The molecule has 1 aromatic heterocycles. The monoisotopic (exact) mass is 295 g/mol. The molecule has 2 N–H and O–H groups in total. The molecule has 1 amide bonds. The van der Waals surface area contributed by atoms with Crippen LogP contribution in [0.4, 0.5) is 4.39 Å². The van der Waals surface area contributed by atoms with Crippen LogP contribution >= 0.6 is 11.8 Å². The van der Waals surface area contributed by atoms with E-state index in [0.29, 0.717) is 18.0 Å². The molecule has 2 aromatic rings. The average Bonchev–Trinajstić information content (AvgIpc) is 2.95. The number of halogens is 1. The zero-order valence-corrected chi connectivity index (χ0v) is 11.7. The lowest BCUT2D eigenvalue weighted by Gasteiger charge is -2.09. The van der Waals surface area contributed by atoms with Gasteiger partial charge < -0.3 is 5.32 Å². The van der Waals surface area contributed by atoms with Gasteiger partial charge in [0.1, 0.15) is 5.82 Å². The fourth-order valence-corrected chi connectivity index (χ4v) is 2.38. The van der Waals surface area contributed by atoms with E-state index in [2.05, 4.69) is 25.9 Å².